The van der Waals surface area contributed by atoms with Crippen LogP contribution in [0.5, 0.6) is 0 Å². The third-order valence-electron chi connectivity index (χ3n) is 9.62. The van der Waals surface area contributed by atoms with Gasteiger partial charge in [0.15, 0.2) is 0 Å². The summed E-state index contributed by atoms with van der Waals surface area (Å²) in [6.07, 6.45) is 5.85. The molecule has 0 fully saturated rings. The molecule has 0 aliphatic rings. The Morgan fingerprint density at radius 3 is 1.04 bits per heavy atom. The number of benzene rings is 8. The van der Waals surface area contributed by atoms with E-state index in [4.69, 9.17) is 0 Å². The summed E-state index contributed by atoms with van der Waals surface area (Å²) in [5.41, 5.74) is 14.8. The molecule has 2 nitrogen and oxygen atoms in total. The van der Waals surface area contributed by atoms with Crippen molar-refractivity contribution in [2.75, 3.05) is 9.80 Å². The van der Waals surface area contributed by atoms with Crippen LogP contribution in [0.2, 0.25) is 0 Å². The first kappa shape index (κ1) is 34.0. The molecule has 54 heavy (non-hydrogen) atoms. The molecule has 8 aromatic rings. The topological polar surface area (TPSA) is 6.48 Å². The zero-order valence-electron chi connectivity index (χ0n) is 30.0. The van der Waals surface area contributed by atoms with E-state index in [0.29, 0.717) is 0 Å². The average molecular weight is 693 g/mol. The van der Waals surface area contributed by atoms with E-state index in [9.17, 15) is 0 Å². The molecular formula is C52H40N2. The van der Waals surface area contributed by atoms with Crippen LogP contribution in [0.3, 0.4) is 0 Å². The molecule has 2 heteroatoms. The predicted octanol–water partition coefficient (Wildman–Crippen LogP) is 14.8. The molecule has 0 saturated carbocycles. The summed E-state index contributed by atoms with van der Waals surface area (Å²) in [5.74, 6) is 0. The van der Waals surface area contributed by atoms with E-state index in [2.05, 4.69) is 235 Å². The normalized spacial score (nSPS) is 11.0. The van der Waals surface area contributed by atoms with Crippen molar-refractivity contribution >= 4 is 40.2 Å². The smallest absolute Gasteiger partial charge is 0.0467 e. The molecule has 0 radical (unpaired) electrons. The van der Waals surface area contributed by atoms with Crippen LogP contribution in [0.15, 0.2) is 231 Å². The molecule has 0 N–H and O–H groups in total. The lowest BCUT2D eigenvalue weighted by Crippen LogP contribution is -2.12. The maximum Gasteiger partial charge on any atom is 0.0467 e. The lowest BCUT2D eigenvalue weighted by molar-refractivity contribution is 1.25. The molecule has 0 atom stereocenters. The highest BCUT2D eigenvalue weighted by Crippen LogP contribution is 2.40. The third kappa shape index (κ3) is 7.55. The van der Waals surface area contributed by atoms with Crippen LogP contribution in [-0.2, 0) is 0 Å². The van der Waals surface area contributed by atoms with E-state index < -0.39 is 0 Å². The van der Waals surface area contributed by atoms with E-state index in [0.717, 1.165) is 39.7 Å². The first-order valence-corrected chi connectivity index (χ1v) is 18.3. The molecule has 8 rings (SSSR count). The van der Waals surface area contributed by atoms with Crippen LogP contribution in [-0.4, -0.2) is 0 Å². The molecule has 0 amide bonds. The minimum Gasteiger partial charge on any atom is -0.311 e. The Bertz CT molecular complexity index is 2450. The van der Waals surface area contributed by atoms with Gasteiger partial charge in [0.1, 0.15) is 0 Å². The summed E-state index contributed by atoms with van der Waals surface area (Å²) >= 11 is 0. The van der Waals surface area contributed by atoms with Crippen molar-refractivity contribution in [2.24, 2.45) is 0 Å². The molecule has 8 aromatic carbocycles. The summed E-state index contributed by atoms with van der Waals surface area (Å²) in [6, 6.07) is 75.5. The average Bonchev–Trinajstić information content (AvgIpc) is 3.25. The Morgan fingerprint density at radius 1 is 0.296 bits per heavy atom. The number of anilines is 6. The van der Waals surface area contributed by atoms with Crippen molar-refractivity contribution in [3.8, 4) is 33.4 Å². The molecule has 0 saturated heterocycles. The molecule has 0 spiro atoms. The SMILES string of the molecule is C=C/C=C\c1cccc(N(c2ccccc2)c2ccc(N(c3ccc(-c4ccccc4)cc3)c3ccc(-c4ccc(-c5ccccc5)cc4)cc3)cc2)c1. The molecule has 0 aliphatic heterocycles. The first-order chi connectivity index (χ1) is 26.7. The summed E-state index contributed by atoms with van der Waals surface area (Å²) in [7, 11) is 0. The third-order valence-corrected chi connectivity index (χ3v) is 9.62. The minimum absolute atomic E-state index is 1.07. The minimum atomic E-state index is 1.07. The maximum absolute atomic E-state index is 3.84. The van der Waals surface area contributed by atoms with Gasteiger partial charge in [0.2, 0.25) is 0 Å². The Labute approximate surface area is 318 Å². The summed E-state index contributed by atoms with van der Waals surface area (Å²) in [4.78, 5) is 4.63. The second kappa shape index (κ2) is 16.0. The molecule has 0 aromatic heterocycles. The highest BCUT2D eigenvalue weighted by molar-refractivity contribution is 5.83. The Hall–Kier alpha value is -7.16. The summed E-state index contributed by atoms with van der Waals surface area (Å²) in [6.45, 7) is 3.84. The number of nitrogens with zero attached hydrogens (tertiary/aromatic N) is 2. The second-order valence-electron chi connectivity index (χ2n) is 13.1. The molecule has 258 valence electrons. The quantitative estimate of drug-likeness (QED) is 0.125. The van der Waals surface area contributed by atoms with Crippen molar-refractivity contribution in [2.45, 2.75) is 0 Å². The van der Waals surface area contributed by atoms with Crippen LogP contribution >= 0.6 is 0 Å². The van der Waals surface area contributed by atoms with Crippen molar-refractivity contribution in [3.05, 3.63) is 237 Å². The van der Waals surface area contributed by atoms with Crippen LogP contribution < -0.4 is 9.80 Å². The monoisotopic (exact) mass is 692 g/mol. The zero-order valence-corrected chi connectivity index (χ0v) is 30.0. The van der Waals surface area contributed by atoms with Gasteiger partial charge in [-0.15, -0.1) is 0 Å². The summed E-state index contributed by atoms with van der Waals surface area (Å²) < 4.78 is 0. The van der Waals surface area contributed by atoms with Gasteiger partial charge < -0.3 is 9.80 Å². The van der Waals surface area contributed by atoms with Crippen molar-refractivity contribution in [1.82, 2.24) is 0 Å². The lowest BCUT2D eigenvalue weighted by Gasteiger charge is -2.28. The lowest BCUT2D eigenvalue weighted by atomic mass is 10.00. The molecule has 0 heterocycles. The highest BCUT2D eigenvalue weighted by atomic mass is 15.2. The Balaban J connectivity index is 1.15. The van der Waals surface area contributed by atoms with Gasteiger partial charge in [-0.1, -0.05) is 164 Å². The van der Waals surface area contributed by atoms with E-state index in [-0.39, 0.29) is 0 Å². The van der Waals surface area contributed by atoms with Crippen molar-refractivity contribution in [1.29, 1.82) is 0 Å². The molecule has 0 unspecified atom stereocenters. The van der Waals surface area contributed by atoms with Gasteiger partial charge in [0, 0.05) is 34.1 Å². The molecule has 0 bridgehead atoms. The molecule has 0 aliphatic carbocycles. The van der Waals surface area contributed by atoms with Gasteiger partial charge in [0.05, 0.1) is 0 Å². The Kier molecular flexibility index (Phi) is 10.1. The standard InChI is InChI=1S/C52H40N2/c1-2-3-14-40-15-13-22-52(39-40)54(47-20-11-6-12-21-47)51-37-35-50(36-38-51)53(48-31-27-45(28-32-48)42-18-9-5-10-19-42)49-33-29-46(30-34-49)44-25-23-43(24-26-44)41-16-7-4-8-17-41/h2-39H,1H2/b14-3-. The zero-order chi connectivity index (χ0) is 36.5. The first-order valence-electron chi connectivity index (χ1n) is 18.3. The van der Waals surface area contributed by atoms with E-state index in [1.807, 2.05) is 6.08 Å². The summed E-state index contributed by atoms with van der Waals surface area (Å²) in [5, 5.41) is 0. The number of hydrogen-bond acceptors (Lipinski definition) is 2. The van der Waals surface area contributed by atoms with Crippen LogP contribution in [0, 0.1) is 0 Å². The van der Waals surface area contributed by atoms with Gasteiger partial charge in [-0.25, -0.2) is 0 Å². The van der Waals surface area contributed by atoms with E-state index >= 15 is 0 Å². The number of hydrogen-bond donors (Lipinski definition) is 0. The number of para-hydroxylation sites is 1. The number of rotatable bonds is 11. The van der Waals surface area contributed by atoms with Gasteiger partial charge in [-0.2, -0.15) is 0 Å². The molecular weight excluding hydrogens is 653 g/mol. The van der Waals surface area contributed by atoms with Crippen molar-refractivity contribution < 1.29 is 0 Å². The Morgan fingerprint density at radius 2 is 0.611 bits per heavy atom. The van der Waals surface area contributed by atoms with E-state index in [1.165, 1.54) is 33.4 Å². The van der Waals surface area contributed by atoms with E-state index in [1.54, 1.807) is 6.08 Å². The predicted molar refractivity (Wildman–Crippen MR) is 231 cm³/mol. The fourth-order valence-electron chi connectivity index (χ4n) is 6.89. The fraction of sp³-hybridized carbons (Fsp3) is 0. The van der Waals surface area contributed by atoms with Crippen LogP contribution in [0.25, 0.3) is 39.5 Å². The second-order valence-corrected chi connectivity index (χ2v) is 13.1. The maximum atomic E-state index is 3.84. The van der Waals surface area contributed by atoms with Gasteiger partial charge >= 0.3 is 0 Å². The fourth-order valence-corrected chi connectivity index (χ4v) is 6.89. The van der Waals surface area contributed by atoms with Crippen molar-refractivity contribution in [3.63, 3.8) is 0 Å². The van der Waals surface area contributed by atoms with Gasteiger partial charge in [-0.05, 0) is 112 Å². The van der Waals surface area contributed by atoms with Gasteiger partial charge in [-0.3, -0.25) is 0 Å². The largest absolute Gasteiger partial charge is 0.311 e. The number of allylic oxidation sites excluding steroid dienone is 2. The highest BCUT2D eigenvalue weighted by Gasteiger charge is 2.17. The van der Waals surface area contributed by atoms with Gasteiger partial charge in [0.25, 0.3) is 0 Å². The van der Waals surface area contributed by atoms with Crippen LogP contribution in [0.4, 0.5) is 34.1 Å². The van der Waals surface area contributed by atoms with Crippen LogP contribution in [0.1, 0.15) is 5.56 Å².